The summed E-state index contributed by atoms with van der Waals surface area (Å²) in [6.07, 6.45) is 1.91. The molecule has 5 heteroatoms. The molecule has 6 aromatic rings. The fourth-order valence-electron chi connectivity index (χ4n) is 6.86. The van der Waals surface area contributed by atoms with E-state index in [1.54, 1.807) is 0 Å². The molecule has 246 valence electrons. The molecule has 0 unspecified atom stereocenters. The standard InChI is InChI=1S/C43H48N4O/c1-41(2,3)28-21-22-44-40(23-28)47-34-16-12-11-15-30(34)31-25-33(43(7,8)9)39(26-37(31)47)48-38-24-29(19-20-32(38)42(4,5)6)46-27-45(10)35-17-13-14-18-36(35)46/h11-26H,27H2,1-10H3/i10D3. The van der Waals surface area contributed by atoms with E-state index in [0.29, 0.717) is 5.69 Å². The molecule has 0 amide bonds. The van der Waals surface area contributed by atoms with Crippen LogP contribution < -0.4 is 14.5 Å². The average molecular weight is 640 g/mol. The fraction of sp³-hybridized carbons (Fsp3) is 0.326. The van der Waals surface area contributed by atoms with E-state index in [0.717, 1.165) is 61.6 Å². The SMILES string of the molecule is [2H]C([2H])([2H])N1CN(c2ccc(C(C)(C)C)c(Oc3cc4c(cc3C(C)(C)C)c3ccccc3n4-c3cc(C(C)(C)C)ccn3)c2)c2ccccc21. The average Bonchev–Trinajstić information content (AvgIpc) is 3.59. The third kappa shape index (κ3) is 5.49. The summed E-state index contributed by atoms with van der Waals surface area (Å²) in [6, 6.07) is 31.3. The zero-order valence-electron chi connectivity index (χ0n) is 32.6. The van der Waals surface area contributed by atoms with E-state index in [-0.39, 0.29) is 22.9 Å². The number of para-hydroxylation sites is 3. The second-order valence-corrected chi connectivity index (χ2v) is 16.1. The van der Waals surface area contributed by atoms with Gasteiger partial charge in [0.1, 0.15) is 17.3 Å². The molecule has 0 fully saturated rings. The highest BCUT2D eigenvalue weighted by Gasteiger charge is 2.29. The maximum absolute atomic E-state index is 8.23. The minimum absolute atomic E-state index is 0.0329. The first-order chi connectivity index (χ1) is 23.8. The first-order valence-electron chi connectivity index (χ1n) is 18.3. The molecule has 0 radical (unpaired) electrons. The molecule has 4 aromatic carbocycles. The molecule has 1 aliphatic rings. The fourth-order valence-corrected chi connectivity index (χ4v) is 6.86. The van der Waals surface area contributed by atoms with Crippen molar-refractivity contribution >= 4 is 38.9 Å². The Hall–Kier alpha value is -4.77. The Morgan fingerprint density at radius 3 is 2.04 bits per heavy atom. The molecule has 1 aliphatic heterocycles. The second kappa shape index (κ2) is 11.2. The molecular weight excluding hydrogens is 589 g/mol. The van der Waals surface area contributed by atoms with Crippen molar-refractivity contribution in [3.63, 3.8) is 0 Å². The zero-order chi connectivity index (χ0) is 36.7. The third-order valence-electron chi connectivity index (χ3n) is 9.47. The lowest BCUT2D eigenvalue weighted by Gasteiger charge is -2.28. The summed E-state index contributed by atoms with van der Waals surface area (Å²) in [5.74, 6) is 2.39. The summed E-state index contributed by atoms with van der Waals surface area (Å²) in [5, 5.41) is 2.31. The molecule has 0 aliphatic carbocycles. The molecule has 2 aromatic heterocycles. The van der Waals surface area contributed by atoms with E-state index in [2.05, 4.69) is 139 Å². The van der Waals surface area contributed by atoms with Crippen LogP contribution in [-0.2, 0) is 16.2 Å². The normalized spacial score (nSPS) is 15.1. The number of benzene rings is 4. The second-order valence-electron chi connectivity index (χ2n) is 16.1. The van der Waals surface area contributed by atoms with Crippen molar-refractivity contribution in [1.29, 1.82) is 0 Å². The van der Waals surface area contributed by atoms with Crippen LogP contribution >= 0.6 is 0 Å². The van der Waals surface area contributed by atoms with Crippen molar-refractivity contribution in [2.75, 3.05) is 23.4 Å². The molecule has 0 atom stereocenters. The minimum Gasteiger partial charge on any atom is -0.457 e. The Morgan fingerprint density at radius 1 is 0.646 bits per heavy atom. The van der Waals surface area contributed by atoms with Crippen LogP contribution in [-0.4, -0.2) is 23.2 Å². The zero-order valence-corrected chi connectivity index (χ0v) is 29.6. The van der Waals surface area contributed by atoms with Gasteiger partial charge in [-0.25, -0.2) is 4.98 Å². The Bertz CT molecular complexity index is 2280. The lowest BCUT2D eigenvalue weighted by atomic mass is 9.84. The summed E-state index contributed by atoms with van der Waals surface area (Å²) in [5.41, 5.74) is 7.42. The van der Waals surface area contributed by atoms with Gasteiger partial charge in [-0.3, -0.25) is 4.57 Å². The quantitative estimate of drug-likeness (QED) is 0.192. The predicted molar refractivity (Wildman–Crippen MR) is 203 cm³/mol. The van der Waals surface area contributed by atoms with E-state index < -0.39 is 6.98 Å². The van der Waals surface area contributed by atoms with Crippen LogP contribution in [0.15, 0.2) is 97.2 Å². The van der Waals surface area contributed by atoms with Crippen LogP contribution in [0.4, 0.5) is 17.1 Å². The van der Waals surface area contributed by atoms with Crippen molar-refractivity contribution in [1.82, 2.24) is 9.55 Å². The molecule has 0 spiro atoms. The molecule has 0 bridgehead atoms. The maximum Gasteiger partial charge on any atom is 0.137 e. The Morgan fingerprint density at radius 2 is 1.33 bits per heavy atom. The summed E-state index contributed by atoms with van der Waals surface area (Å²) in [7, 11) is 0. The molecule has 48 heavy (non-hydrogen) atoms. The molecule has 7 rings (SSSR count). The highest BCUT2D eigenvalue weighted by atomic mass is 16.5. The van der Waals surface area contributed by atoms with Gasteiger partial charge in [-0.2, -0.15) is 0 Å². The summed E-state index contributed by atoms with van der Waals surface area (Å²) in [4.78, 5) is 8.43. The lowest BCUT2D eigenvalue weighted by molar-refractivity contribution is 0.437. The van der Waals surface area contributed by atoms with Gasteiger partial charge in [-0.15, -0.1) is 0 Å². The van der Waals surface area contributed by atoms with Crippen LogP contribution in [0, 0.1) is 0 Å². The monoisotopic (exact) mass is 639 g/mol. The number of hydrogen-bond donors (Lipinski definition) is 0. The molecule has 0 saturated heterocycles. The number of fused-ring (bicyclic) bond motifs is 4. The van der Waals surface area contributed by atoms with Gasteiger partial charge in [-0.1, -0.05) is 98.7 Å². The molecular formula is C43H48N4O. The van der Waals surface area contributed by atoms with Crippen LogP contribution in [0.2, 0.25) is 0 Å². The third-order valence-corrected chi connectivity index (χ3v) is 9.47. The first kappa shape index (κ1) is 28.3. The lowest BCUT2D eigenvalue weighted by Crippen LogP contribution is -2.24. The van der Waals surface area contributed by atoms with Gasteiger partial charge in [0.05, 0.1) is 29.1 Å². The van der Waals surface area contributed by atoms with E-state index in [1.165, 1.54) is 10.5 Å². The Labute approximate surface area is 290 Å². The van der Waals surface area contributed by atoms with Gasteiger partial charge >= 0.3 is 0 Å². The number of ether oxygens (including phenoxy) is 1. The number of pyridine rings is 1. The maximum atomic E-state index is 8.23. The molecule has 0 saturated carbocycles. The molecule has 3 heterocycles. The van der Waals surface area contributed by atoms with Crippen LogP contribution in [0.1, 0.15) is 83.1 Å². The van der Waals surface area contributed by atoms with E-state index in [1.807, 2.05) is 30.5 Å². The highest BCUT2D eigenvalue weighted by molar-refractivity contribution is 6.10. The largest absolute Gasteiger partial charge is 0.457 e. The summed E-state index contributed by atoms with van der Waals surface area (Å²) >= 11 is 0. The van der Waals surface area contributed by atoms with Gasteiger partial charge < -0.3 is 14.5 Å². The van der Waals surface area contributed by atoms with Gasteiger partial charge in [0.15, 0.2) is 0 Å². The summed E-state index contributed by atoms with van der Waals surface area (Å²) < 4.78 is 34.1. The van der Waals surface area contributed by atoms with Crippen molar-refractivity contribution < 1.29 is 8.85 Å². The number of hydrogen-bond acceptors (Lipinski definition) is 4. The van der Waals surface area contributed by atoms with Crippen molar-refractivity contribution in [2.45, 2.75) is 78.6 Å². The number of aromatic nitrogens is 2. The van der Waals surface area contributed by atoms with Crippen molar-refractivity contribution in [2.24, 2.45) is 0 Å². The van der Waals surface area contributed by atoms with E-state index in [4.69, 9.17) is 13.8 Å². The van der Waals surface area contributed by atoms with Crippen molar-refractivity contribution in [3.05, 3.63) is 114 Å². The smallest absolute Gasteiger partial charge is 0.137 e. The number of anilines is 3. The number of nitrogens with zero attached hydrogens (tertiary/aromatic N) is 4. The molecule has 0 N–H and O–H groups in total. The first-order valence-corrected chi connectivity index (χ1v) is 16.8. The van der Waals surface area contributed by atoms with E-state index in [9.17, 15) is 0 Å². The van der Waals surface area contributed by atoms with Crippen LogP contribution in [0.5, 0.6) is 11.5 Å². The minimum atomic E-state index is -2.27. The highest BCUT2D eigenvalue weighted by Crippen LogP contribution is 2.46. The van der Waals surface area contributed by atoms with Crippen LogP contribution in [0.3, 0.4) is 0 Å². The van der Waals surface area contributed by atoms with Gasteiger partial charge in [0.25, 0.3) is 0 Å². The predicted octanol–water partition coefficient (Wildman–Crippen LogP) is 11.4. The van der Waals surface area contributed by atoms with Crippen molar-refractivity contribution in [3.8, 4) is 17.3 Å². The van der Waals surface area contributed by atoms with E-state index >= 15 is 0 Å². The molecule has 5 nitrogen and oxygen atoms in total. The topological polar surface area (TPSA) is 33.5 Å². The Balaban J connectivity index is 1.43. The Kier molecular flexibility index (Phi) is 6.57. The van der Waals surface area contributed by atoms with Crippen LogP contribution in [0.25, 0.3) is 27.6 Å². The van der Waals surface area contributed by atoms with Gasteiger partial charge in [0.2, 0.25) is 0 Å². The van der Waals surface area contributed by atoms with Gasteiger partial charge in [0, 0.05) is 57.0 Å². The number of rotatable bonds is 4. The summed E-state index contributed by atoms with van der Waals surface area (Å²) in [6.45, 7) is 17.9. The van der Waals surface area contributed by atoms with Gasteiger partial charge in [-0.05, 0) is 64.3 Å².